The molecule has 10 heteroatoms. The Morgan fingerprint density at radius 2 is 1.90 bits per heavy atom. The fourth-order valence-electron chi connectivity index (χ4n) is 2.65. The molecule has 0 saturated carbocycles. The third-order valence-electron chi connectivity index (χ3n) is 4.01. The van der Waals surface area contributed by atoms with Crippen LogP contribution in [-0.4, -0.2) is 34.8 Å². The normalized spacial score (nSPS) is 11.0. The standard InChI is InChI=1S/C19H14F2N4O3S/c1-27-11-4-2-10(3-5-11)14-9-15(25-24-14)17(26)23-19-22-13-7-6-12(28-18(20)21)8-16(13)29-19/h2-9,18H,1H3,(H,24,25)(H,22,23,26). The molecular weight excluding hydrogens is 402 g/mol. The SMILES string of the molecule is COc1ccc(-c2cc(C(=O)Nc3nc4ccc(OC(F)F)cc4s3)[nH]n2)cc1. The summed E-state index contributed by atoms with van der Waals surface area (Å²) < 4.78 is 34.8. The van der Waals surface area contributed by atoms with Crippen molar-refractivity contribution in [2.75, 3.05) is 12.4 Å². The van der Waals surface area contributed by atoms with Crippen LogP contribution < -0.4 is 14.8 Å². The van der Waals surface area contributed by atoms with E-state index in [1.165, 1.54) is 12.1 Å². The minimum atomic E-state index is -2.90. The second-order valence-electron chi connectivity index (χ2n) is 5.88. The smallest absolute Gasteiger partial charge is 0.387 e. The van der Waals surface area contributed by atoms with Gasteiger partial charge in [-0.2, -0.15) is 13.9 Å². The molecule has 1 amide bonds. The van der Waals surface area contributed by atoms with Crippen LogP contribution in [0.5, 0.6) is 11.5 Å². The lowest BCUT2D eigenvalue weighted by Crippen LogP contribution is -2.11. The first-order valence-electron chi connectivity index (χ1n) is 8.38. The molecule has 148 valence electrons. The van der Waals surface area contributed by atoms with Crippen LogP contribution in [0.15, 0.2) is 48.5 Å². The van der Waals surface area contributed by atoms with E-state index in [0.717, 1.165) is 22.6 Å². The Balaban J connectivity index is 1.49. The number of H-pyrrole nitrogens is 1. The van der Waals surface area contributed by atoms with Crippen molar-refractivity contribution in [1.29, 1.82) is 0 Å². The van der Waals surface area contributed by atoms with Crippen molar-refractivity contribution in [3.63, 3.8) is 0 Å². The Kier molecular flexibility index (Phi) is 5.09. The minimum Gasteiger partial charge on any atom is -0.497 e. The molecule has 0 unspecified atom stereocenters. The number of aromatic amines is 1. The third-order valence-corrected chi connectivity index (χ3v) is 4.95. The number of rotatable bonds is 6. The average molecular weight is 416 g/mol. The van der Waals surface area contributed by atoms with Crippen LogP contribution in [0.1, 0.15) is 10.5 Å². The van der Waals surface area contributed by atoms with E-state index < -0.39 is 12.5 Å². The maximum absolute atomic E-state index is 12.5. The van der Waals surface area contributed by atoms with Gasteiger partial charge in [0.15, 0.2) is 5.13 Å². The fourth-order valence-corrected chi connectivity index (χ4v) is 3.54. The summed E-state index contributed by atoms with van der Waals surface area (Å²) in [5.41, 5.74) is 2.26. The van der Waals surface area contributed by atoms with Gasteiger partial charge in [0, 0.05) is 5.56 Å². The number of aromatic nitrogens is 3. The van der Waals surface area contributed by atoms with E-state index in [1.807, 2.05) is 12.1 Å². The lowest BCUT2D eigenvalue weighted by Gasteiger charge is -2.02. The Labute approximate surface area is 167 Å². The van der Waals surface area contributed by atoms with Crippen LogP contribution in [0.4, 0.5) is 13.9 Å². The highest BCUT2D eigenvalue weighted by Gasteiger charge is 2.14. The van der Waals surface area contributed by atoms with Crippen LogP contribution in [0.2, 0.25) is 0 Å². The van der Waals surface area contributed by atoms with Crippen molar-refractivity contribution in [2.24, 2.45) is 0 Å². The van der Waals surface area contributed by atoms with Crippen LogP contribution >= 0.6 is 11.3 Å². The molecule has 2 aromatic heterocycles. The second kappa shape index (κ2) is 7.84. The highest BCUT2D eigenvalue weighted by molar-refractivity contribution is 7.22. The quantitative estimate of drug-likeness (QED) is 0.481. The molecule has 0 aliphatic heterocycles. The predicted octanol–water partition coefficient (Wildman–Crippen LogP) is 4.55. The zero-order chi connectivity index (χ0) is 20.4. The van der Waals surface area contributed by atoms with Crippen molar-refractivity contribution in [3.8, 4) is 22.8 Å². The van der Waals surface area contributed by atoms with E-state index in [0.29, 0.717) is 21.0 Å². The predicted molar refractivity (Wildman–Crippen MR) is 105 cm³/mol. The topological polar surface area (TPSA) is 89.1 Å². The zero-order valence-corrected chi connectivity index (χ0v) is 15.8. The highest BCUT2D eigenvalue weighted by atomic mass is 32.1. The van der Waals surface area contributed by atoms with E-state index >= 15 is 0 Å². The van der Waals surface area contributed by atoms with Gasteiger partial charge in [-0.3, -0.25) is 15.2 Å². The van der Waals surface area contributed by atoms with Gasteiger partial charge >= 0.3 is 6.61 Å². The number of benzene rings is 2. The Morgan fingerprint density at radius 1 is 1.14 bits per heavy atom. The summed E-state index contributed by atoms with van der Waals surface area (Å²) >= 11 is 1.15. The molecular formula is C19H14F2N4O3S. The number of anilines is 1. The van der Waals surface area contributed by atoms with E-state index in [1.54, 1.807) is 31.4 Å². The molecule has 0 saturated heterocycles. The van der Waals surface area contributed by atoms with Gasteiger partial charge in [-0.15, -0.1) is 0 Å². The first-order valence-corrected chi connectivity index (χ1v) is 9.20. The van der Waals surface area contributed by atoms with Gasteiger partial charge in [0.1, 0.15) is 17.2 Å². The Morgan fingerprint density at radius 3 is 2.62 bits per heavy atom. The van der Waals surface area contributed by atoms with Gasteiger partial charge < -0.3 is 9.47 Å². The Bertz CT molecular complexity index is 1160. The van der Waals surface area contributed by atoms with Crippen molar-refractivity contribution in [3.05, 3.63) is 54.2 Å². The molecule has 2 N–H and O–H groups in total. The van der Waals surface area contributed by atoms with Crippen LogP contribution in [0.3, 0.4) is 0 Å². The molecule has 0 atom stereocenters. The number of hydrogen-bond donors (Lipinski definition) is 2. The molecule has 0 radical (unpaired) electrons. The number of hydrogen-bond acceptors (Lipinski definition) is 6. The summed E-state index contributed by atoms with van der Waals surface area (Å²) in [7, 11) is 1.58. The number of carbonyl (C=O) groups excluding carboxylic acids is 1. The van der Waals surface area contributed by atoms with E-state index in [2.05, 4.69) is 25.2 Å². The molecule has 0 bridgehead atoms. The number of ether oxygens (including phenoxy) is 2. The van der Waals surface area contributed by atoms with Gasteiger partial charge in [-0.05, 0) is 48.5 Å². The summed E-state index contributed by atoms with van der Waals surface area (Å²) in [6.07, 6.45) is 0. The van der Waals surface area contributed by atoms with Gasteiger partial charge in [0.05, 0.1) is 23.0 Å². The number of fused-ring (bicyclic) bond motifs is 1. The van der Waals surface area contributed by atoms with Crippen molar-refractivity contribution >= 4 is 32.6 Å². The number of amides is 1. The maximum atomic E-state index is 12.5. The molecule has 0 aliphatic rings. The zero-order valence-electron chi connectivity index (χ0n) is 15.0. The van der Waals surface area contributed by atoms with Gasteiger partial charge in [0.2, 0.25) is 0 Å². The second-order valence-corrected chi connectivity index (χ2v) is 6.91. The number of halogens is 2. The molecule has 0 fully saturated rings. The third kappa shape index (κ3) is 4.16. The summed E-state index contributed by atoms with van der Waals surface area (Å²) in [4.78, 5) is 16.8. The Hall–Kier alpha value is -3.53. The lowest BCUT2D eigenvalue weighted by atomic mass is 10.1. The number of nitrogens with zero attached hydrogens (tertiary/aromatic N) is 2. The van der Waals surface area contributed by atoms with Crippen LogP contribution in [0, 0.1) is 0 Å². The summed E-state index contributed by atoms with van der Waals surface area (Å²) in [5.74, 6) is 0.340. The van der Waals surface area contributed by atoms with E-state index in [-0.39, 0.29) is 11.4 Å². The first-order chi connectivity index (χ1) is 14.0. The maximum Gasteiger partial charge on any atom is 0.387 e. The van der Waals surface area contributed by atoms with Gasteiger partial charge in [-0.25, -0.2) is 4.98 Å². The largest absolute Gasteiger partial charge is 0.497 e. The highest BCUT2D eigenvalue weighted by Crippen LogP contribution is 2.30. The molecule has 2 heterocycles. The number of thiazole rings is 1. The average Bonchev–Trinajstić information content (AvgIpc) is 3.34. The minimum absolute atomic E-state index is 0.0340. The van der Waals surface area contributed by atoms with Crippen molar-refractivity contribution in [1.82, 2.24) is 15.2 Å². The van der Waals surface area contributed by atoms with E-state index in [4.69, 9.17) is 4.74 Å². The molecule has 0 aliphatic carbocycles. The molecule has 2 aromatic carbocycles. The van der Waals surface area contributed by atoms with Crippen LogP contribution in [0.25, 0.3) is 21.5 Å². The molecule has 4 aromatic rings. The number of carbonyl (C=O) groups is 1. The molecule has 0 spiro atoms. The van der Waals surface area contributed by atoms with Crippen LogP contribution in [-0.2, 0) is 0 Å². The van der Waals surface area contributed by atoms with Crippen molar-refractivity contribution in [2.45, 2.75) is 6.61 Å². The summed E-state index contributed by atoms with van der Waals surface area (Å²) in [6, 6.07) is 13.3. The van der Waals surface area contributed by atoms with E-state index in [9.17, 15) is 13.6 Å². The van der Waals surface area contributed by atoms with Crippen molar-refractivity contribution < 1.29 is 23.0 Å². The number of alkyl halides is 2. The molecule has 7 nitrogen and oxygen atoms in total. The monoisotopic (exact) mass is 416 g/mol. The lowest BCUT2D eigenvalue weighted by molar-refractivity contribution is -0.0497. The fraction of sp³-hybridized carbons (Fsp3) is 0.105. The number of methoxy groups -OCH3 is 1. The van der Waals surface area contributed by atoms with Gasteiger partial charge in [-0.1, -0.05) is 11.3 Å². The number of nitrogens with one attached hydrogen (secondary N) is 2. The van der Waals surface area contributed by atoms with Gasteiger partial charge in [0.25, 0.3) is 5.91 Å². The molecule has 29 heavy (non-hydrogen) atoms. The first kappa shape index (κ1) is 18.8. The molecule has 4 rings (SSSR count). The summed E-state index contributed by atoms with van der Waals surface area (Å²) in [5, 5.41) is 9.87. The summed E-state index contributed by atoms with van der Waals surface area (Å²) in [6.45, 7) is -2.90.